The normalized spacial score (nSPS) is 25.8. The van der Waals surface area contributed by atoms with Crippen LogP contribution in [-0.2, 0) is 0 Å². The third-order valence-electron chi connectivity index (χ3n) is 5.30. The van der Waals surface area contributed by atoms with Gasteiger partial charge in [0.2, 0.25) is 0 Å². The van der Waals surface area contributed by atoms with Gasteiger partial charge in [0.1, 0.15) is 0 Å². The van der Waals surface area contributed by atoms with E-state index in [9.17, 15) is 0 Å². The Morgan fingerprint density at radius 3 is 2.10 bits per heavy atom. The fourth-order valence-corrected chi connectivity index (χ4v) is 3.81. The highest BCUT2D eigenvalue weighted by Gasteiger charge is 2.29. The van der Waals surface area contributed by atoms with Crippen molar-refractivity contribution >= 4 is 0 Å². The highest BCUT2D eigenvalue weighted by atomic mass is 15.2. The lowest BCUT2D eigenvalue weighted by Gasteiger charge is -2.42. The number of likely N-dealkylation sites (tertiary alicyclic amines) is 2. The number of hydrogen-bond acceptors (Lipinski definition) is 3. The van der Waals surface area contributed by atoms with Gasteiger partial charge in [-0.3, -0.25) is 0 Å². The summed E-state index contributed by atoms with van der Waals surface area (Å²) in [6.45, 7) is 13.5. The first-order valence-electron chi connectivity index (χ1n) is 8.64. The number of likely N-dealkylation sites (N-methyl/N-ethyl adjacent to an activating group) is 1. The van der Waals surface area contributed by atoms with Crippen LogP contribution in [0.25, 0.3) is 0 Å². The molecule has 2 aliphatic rings. The predicted molar refractivity (Wildman–Crippen MR) is 87.2 cm³/mol. The Balaban J connectivity index is 1.76. The quantitative estimate of drug-likeness (QED) is 0.854. The van der Waals surface area contributed by atoms with Gasteiger partial charge >= 0.3 is 0 Å². The van der Waals surface area contributed by atoms with Gasteiger partial charge in [-0.25, -0.2) is 0 Å². The zero-order valence-corrected chi connectivity index (χ0v) is 14.1. The molecule has 3 nitrogen and oxygen atoms in total. The molecule has 2 fully saturated rings. The Kier molecular flexibility index (Phi) is 5.88. The van der Waals surface area contributed by atoms with Crippen molar-refractivity contribution in [2.45, 2.75) is 65.0 Å². The van der Waals surface area contributed by atoms with Crippen LogP contribution in [0.3, 0.4) is 0 Å². The molecule has 20 heavy (non-hydrogen) atoms. The Morgan fingerprint density at radius 1 is 1.00 bits per heavy atom. The third kappa shape index (κ3) is 4.44. The maximum Gasteiger partial charge on any atom is 0.0240 e. The van der Waals surface area contributed by atoms with E-state index in [0.717, 1.165) is 6.04 Å². The minimum Gasteiger partial charge on any atom is -0.315 e. The van der Waals surface area contributed by atoms with E-state index in [-0.39, 0.29) is 0 Å². The summed E-state index contributed by atoms with van der Waals surface area (Å²) < 4.78 is 0. The molecule has 0 aromatic rings. The summed E-state index contributed by atoms with van der Waals surface area (Å²) in [7, 11) is 2.11. The van der Waals surface area contributed by atoms with E-state index in [2.05, 4.69) is 42.9 Å². The van der Waals surface area contributed by atoms with Crippen LogP contribution in [0.1, 0.15) is 52.9 Å². The Labute approximate surface area is 126 Å². The second-order valence-corrected chi connectivity index (χ2v) is 7.84. The molecule has 0 bridgehead atoms. The summed E-state index contributed by atoms with van der Waals surface area (Å²) in [4.78, 5) is 5.44. The monoisotopic (exact) mass is 281 g/mol. The maximum atomic E-state index is 3.51. The van der Waals surface area contributed by atoms with E-state index in [0.29, 0.717) is 11.5 Å². The van der Waals surface area contributed by atoms with Crippen molar-refractivity contribution in [1.29, 1.82) is 0 Å². The molecule has 2 rings (SSSR count). The van der Waals surface area contributed by atoms with Crippen LogP contribution in [-0.4, -0.2) is 61.7 Å². The molecule has 0 aromatic heterocycles. The average molecular weight is 281 g/mol. The van der Waals surface area contributed by atoms with Gasteiger partial charge in [-0.1, -0.05) is 27.2 Å². The van der Waals surface area contributed by atoms with Gasteiger partial charge in [0.25, 0.3) is 0 Å². The van der Waals surface area contributed by atoms with Crippen molar-refractivity contribution in [2.75, 3.05) is 39.8 Å². The van der Waals surface area contributed by atoms with Crippen molar-refractivity contribution in [1.82, 2.24) is 15.1 Å². The van der Waals surface area contributed by atoms with Crippen LogP contribution >= 0.6 is 0 Å². The molecule has 0 aromatic carbocycles. The Morgan fingerprint density at radius 2 is 1.60 bits per heavy atom. The summed E-state index contributed by atoms with van der Waals surface area (Å²) in [6, 6.07) is 1.46. The molecule has 2 heterocycles. The Bertz CT molecular complexity index is 270. The van der Waals surface area contributed by atoms with Crippen molar-refractivity contribution in [3.8, 4) is 0 Å². The fourth-order valence-electron chi connectivity index (χ4n) is 3.81. The van der Waals surface area contributed by atoms with Crippen molar-refractivity contribution in [2.24, 2.45) is 5.41 Å². The highest BCUT2D eigenvalue weighted by Crippen LogP contribution is 2.24. The molecule has 0 spiro atoms. The third-order valence-corrected chi connectivity index (χ3v) is 5.30. The van der Waals surface area contributed by atoms with Gasteiger partial charge in [0.15, 0.2) is 0 Å². The zero-order chi connectivity index (χ0) is 14.6. The van der Waals surface area contributed by atoms with Gasteiger partial charge in [-0.15, -0.1) is 0 Å². The van der Waals surface area contributed by atoms with Crippen LogP contribution in [0.4, 0.5) is 0 Å². The summed E-state index contributed by atoms with van der Waals surface area (Å²) in [6.07, 6.45) is 7.05. The van der Waals surface area contributed by atoms with Crippen LogP contribution in [0.5, 0.6) is 0 Å². The summed E-state index contributed by atoms with van der Waals surface area (Å²) >= 11 is 0. The topological polar surface area (TPSA) is 18.5 Å². The van der Waals surface area contributed by atoms with E-state index in [1.807, 2.05) is 0 Å². The fraction of sp³-hybridized carbons (Fsp3) is 1.00. The van der Waals surface area contributed by atoms with Gasteiger partial charge in [-0.2, -0.15) is 0 Å². The number of piperidine rings is 2. The average Bonchev–Trinajstić information content (AvgIpc) is 2.45. The van der Waals surface area contributed by atoms with Gasteiger partial charge in [-0.05, 0) is 64.3 Å². The number of nitrogens with zero attached hydrogens (tertiary/aromatic N) is 2. The Hall–Kier alpha value is -0.120. The van der Waals surface area contributed by atoms with E-state index < -0.39 is 0 Å². The second kappa shape index (κ2) is 7.24. The molecular weight excluding hydrogens is 246 g/mol. The van der Waals surface area contributed by atoms with E-state index in [1.165, 1.54) is 64.8 Å². The van der Waals surface area contributed by atoms with Crippen LogP contribution in [0.15, 0.2) is 0 Å². The molecule has 1 atom stereocenters. The predicted octanol–water partition coefficient (Wildman–Crippen LogP) is 2.57. The molecule has 2 saturated heterocycles. The summed E-state index contributed by atoms with van der Waals surface area (Å²) in [5.41, 5.74) is 0.346. The molecule has 3 heteroatoms. The maximum absolute atomic E-state index is 3.51. The molecule has 0 amide bonds. The number of hydrogen-bond donors (Lipinski definition) is 1. The first kappa shape index (κ1) is 16.3. The number of nitrogens with one attached hydrogen (secondary N) is 1. The minimum atomic E-state index is 0.346. The zero-order valence-electron chi connectivity index (χ0n) is 14.1. The largest absolute Gasteiger partial charge is 0.315 e. The van der Waals surface area contributed by atoms with Gasteiger partial charge in [0, 0.05) is 18.6 Å². The van der Waals surface area contributed by atoms with Gasteiger partial charge in [0.05, 0.1) is 0 Å². The van der Waals surface area contributed by atoms with Crippen LogP contribution in [0, 0.1) is 5.41 Å². The SMILES string of the molecule is CNC(CN1CCC(N2CCCCC2)CC1)C(C)(C)C. The van der Waals surface area contributed by atoms with Crippen molar-refractivity contribution < 1.29 is 0 Å². The molecule has 0 saturated carbocycles. The van der Waals surface area contributed by atoms with Crippen molar-refractivity contribution in [3.05, 3.63) is 0 Å². The van der Waals surface area contributed by atoms with E-state index in [1.54, 1.807) is 0 Å². The van der Waals surface area contributed by atoms with E-state index >= 15 is 0 Å². The van der Waals surface area contributed by atoms with Crippen LogP contribution in [0.2, 0.25) is 0 Å². The molecule has 0 aliphatic carbocycles. The lowest BCUT2D eigenvalue weighted by atomic mass is 9.86. The molecule has 2 aliphatic heterocycles. The smallest absolute Gasteiger partial charge is 0.0240 e. The first-order valence-corrected chi connectivity index (χ1v) is 8.64. The lowest BCUT2D eigenvalue weighted by molar-refractivity contribution is 0.0795. The highest BCUT2D eigenvalue weighted by molar-refractivity contribution is 4.86. The summed E-state index contributed by atoms with van der Waals surface area (Å²) in [5.74, 6) is 0. The minimum absolute atomic E-state index is 0.346. The summed E-state index contributed by atoms with van der Waals surface area (Å²) in [5, 5.41) is 3.51. The standard InChI is InChI=1S/C17H35N3/c1-17(2,3)16(18-4)14-19-12-8-15(9-13-19)20-10-6-5-7-11-20/h15-16,18H,5-14H2,1-4H3. The van der Waals surface area contributed by atoms with Crippen molar-refractivity contribution in [3.63, 3.8) is 0 Å². The number of rotatable bonds is 4. The molecule has 1 N–H and O–H groups in total. The first-order chi connectivity index (χ1) is 9.50. The second-order valence-electron chi connectivity index (χ2n) is 7.84. The lowest BCUT2D eigenvalue weighted by Crippen LogP contribution is -2.52. The van der Waals surface area contributed by atoms with Crippen LogP contribution < -0.4 is 5.32 Å². The molecule has 0 radical (unpaired) electrons. The molecular formula is C17H35N3. The molecule has 1 unspecified atom stereocenters. The van der Waals surface area contributed by atoms with E-state index in [4.69, 9.17) is 0 Å². The van der Waals surface area contributed by atoms with Gasteiger partial charge < -0.3 is 15.1 Å². The molecule has 118 valence electrons.